The second kappa shape index (κ2) is 6.50. The number of carbonyl (C=O) groups is 1. The fourth-order valence-corrected chi connectivity index (χ4v) is 1.68. The zero-order valence-electron chi connectivity index (χ0n) is 11.6. The highest BCUT2D eigenvalue weighted by atomic mass is 16.2. The molecule has 2 N–H and O–H groups in total. The Kier molecular flexibility index (Phi) is 5.28. The largest absolute Gasteiger partial charge is 0.335 e. The zero-order valence-corrected chi connectivity index (χ0v) is 11.6. The summed E-state index contributed by atoms with van der Waals surface area (Å²) in [5, 5.41) is 0. The van der Waals surface area contributed by atoms with Gasteiger partial charge >= 0.3 is 0 Å². The molecule has 0 aliphatic carbocycles. The second-order valence-corrected chi connectivity index (χ2v) is 5.19. The van der Waals surface area contributed by atoms with Crippen LogP contribution in [0.4, 0.5) is 0 Å². The highest BCUT2D eigenvalue weighted by Gasteiger charge is 2.25. The van der Waals surface area contributed by atoms with Crippen molar-refractivity contribution in [1.29, 1.82) is 0 Å². The summed E-state index contributed by atoms with van der Waals surface area (Å²) >= 11 is 0. The molecule has 0 aromatic carbocycles. The fraction of sp³-hybridized carbons (Fsp3) is 0.571. The molecule has 0 radical (unpaired) electrons. The monoisotopic (exact) mass is 249 g/mol. The van der Waals surface area contributed by atoms with E-state index in [2.05, 4.69) is 4.98 Å². The summed E-state index contributed by atoms with van der Waals surface area (Å²) in [6, 6.07) is 3.54. The van der Waals surface area contributed by atoms with E-state index in [-0.39, 0.29) is 17.9 Å². The third-order valence-electron chi connectivity index (χ3n) is 3.01. The Balaban J connectivity index is 2.81. The first-order valence-electron chi connectivity index (χ1n) is 6.38. The summed E-state index contributed by atoms with van der Waals surface area (Å²) in [5.74, 6) is 0.160. The number of aromatic nitrogens is 1. The third kappa shape index (κ3) is 3.81. The minimum Gasteiger partial charge on any atom is -0.335 e. The Morgan fingerprint density at radius 3 is 2.28 bits per heavy atom. The Hall–Kier alpha value is -1.42. The molecule has 1 aromatic rings. The predicted octanol–water partition coefficient (Wildman–Crippen LogP) is 1.80. The number of hydrogen-bond donors (Lipinski definition) is 1. The van der Waals surface area contributed by atoms with Gasteiger partial charge in [0, 0.05) is 25.0 Å². The third-order valence-corrected chi connectivity index (χ3v) is 3.01. The molecule has 0 aliphatic heterocycles. The van der Waals surface area contributed by atoms with Crippen LogP contribution in [0.3, 0.4) is 0 Å². The molecular formula is C14H23N3O. The number of amides is 1. The molecule has 1 atom stereocenters. The molecule has 0 spiro atoms. The van der Waals surface area contributed by atoms with E-state index >= 15 is 0 Å². The van der Waals surface area contributed by atoms with Gasteiger partial charge in [0.2, 0.25) is 5.91 Å². The van der Waals surface area contributed by atoms with E-state index in [1.165, 1.54) is 0 Å². The Bertz CT molecular complexity index is 376. The van der Waals surface area contributed by atoms with Crippen molar-refractivity contribution in [3.8, 4) is 0 Å². The van der Waals surface area contributed by atoms with E-state index in [1.807, 2.05) is 44.7 Å². The van der Waals surface area contributed by atoms with Gasteiger partial charge in [-0.3, -0.25) is 9.78 Å². The van der Waals surface area contributed by atoms with Gasteiger partial charge in [-0.05, 0) is 37.5 Å². The van der Waals surface area contributed by atoms with Crippen molar-refractivity contribution < 1.29 is 4.79 Å². The van der Waals surface area contributed by atoms with Gasteiger partial charge in [0.25, 0.3) is 0 Å². The van der Waals surface area contributed by atoms with Crippen LogP contribution in [0.2, 0.25) is 0 Å². The highest BCUT2D eigenvalue weighted by molar-refractivity contribution is 5.82. The van der Waals surface area contributed by atoms with Crippen molar-refractivity contribution >= 4 is 5.91 Å². The summed E-state index contributed by atoms with van der Waals surface area (Å²) < 4.78 is 0. The molecule has 0 bridgehead atoms. The van der Waals surface area contributed by atoms with Crippen LogP contribution in [0, 0.1) is 5.92 Å². The molecule has 0 saturated carbocycles. The van der Waals surface area contributed by atoms with E-state index < -0.39 is 6.04 Å². The number of nitrogens with two attached hydrogens (primary N) is 1. The van der Waals surface area contributed by atoms with Crippen LogP contribution in [0.15, 0.2) is 24.5 Å². The van der Waals surface area contributed by atoms with E-state index in [0.717, 1.165) is 5.56 Å². The Morgan fingerprint density at radius 2 is 1.83 bits per heavy atom. The smallest absolute Gasteiger partial charge is 0.240 e. The van der Waals surface area contributed by atoms with Gasteiger partial charge in [-0.2, -0.15) is 0 Å². The van der Waals surface area contributed by atoms with E-state index in [9.17, 15) is 4.79 Å². The van der Waals surface area contributed by atoms with Gasteiger partial charge in [0.1, 0.15) is 0 Å². The first-order valence-corrected chi connectivity index (χ1v) is 6.38. The lowest BCUT2D eigenvalue weighted by Crippen LogP contribution is -2.48. The average molecular weight is 249 g/mol. The van der Waals surface area contributed by atoms with Crippen molar-refractivity contribution in [1.82, 2.24) is 9.88 Å². The quantitative estimate of drug-likeness (QED) is 0.865. The van der Waals surface area contributed by atoms with Crippen LogP contribution in [-0.2, 0) is 11.3 Å². The molecule has 0 saturated heterocycles. The number of nitrogens with zero attached hydrogens (tertiary/aromatic N) is 2. The van der Waals surface area contributed by atoms with Gasteiger partial charge in [0.15, 0.2) is 0 Å². The molecule has 1 aromatic heterocycles. The lowest BCUT2D eigenvalue weighted by Gasteiger charge is -2.30. The van der Waals surface area contributed by atoms with Crippen LogP contribution in [-0.4, -0.2) is 27.9 Å². The summed E-state index contributed by atoms with van der Waals surface area (Å²) in [7, 11) is 0. The second-order valence-electron chi connectivity index (χ2n) is 5.19. The minimum atomic E-state index is -0.436. The van der Waals surface area contributed by atoms with Crippen LogP contribution in [0.5, 0.6) is 0 Å². The van der Waals surface area contributed by atoms with E-state index in [4.69, 9.17) is 5.73 Å². The Morgan fingerprint density at radius 1 is 1.28 bits per heavy atom. The molecule has 1 rings (SSSR count). The zero-order chi connectivity index (χ0) is 13.7. The summed E-state index contributed by atoms with van der Waals surface area (Å²) in [6.07, 6.45) is 3.47. The highest BCUT2D eigenvalue weighted by Crippen LogP contribution is 2.11. The minimum absolute atomic E-state index is 0.0109. The molecule has 0 fully saturated rings. The van der Waals surface area contributed by atoms with Gasteiger partial charge in [-0.15, -0.1) is 0 Å². The van der Waals surface area contributed by atoms with Gasteiger partial charge in [-0.1, -0.05) is 13.8 Å². The standard InChI is InChI=1S/C14H23N3O/c1-10(2)13(15)14(18)17(11(3)4)9-12-5-7-16-8-6-12/h5-8,10-11,13H,9,15H2,1-4H3/t13-/m0/s1. The van der Waals surface area contributed by atoms with Gasteiger partial charge in [-0.25, -0.2) is 0 Å². The van der Waals surface area contributed by atoms with Crippen molar-refractivity contribution in [3.05, 3.63) is 30.1 Å². The summed E-state index contributed by atoms with van der Waals surface area (Å²) in [5.41, 5.74) is 7.02. The molecule has 0 unspecified atom stereocenters. The molecule has 100 valence electrons. The molecule has 0 aliphatic rings. The van der Waals surface area contributed by atoms with Crippen molar-refractivity contribution in [3.63, 3.8) is 0 Å². The van der Waals surface area contributed by atoms with Crippen LogP contribution < -0.4 is 5.73 Å². The van der Waals surface area contributed by atoms with Gasteiger partial charge in [0.05, 0.1) is 6.04 Å². The molecule has 1 amide bonds. The first-order chi connectivity index (χ1) is 8.43. The Labute approximate surface area is 109 Å². The van der Waals surface area contributed by atoms with E-state index in [0.29, 0.717) is 6.54 Å². The van der Waals surface area contributed by atoms with Crippen molar-refractivity contribution in [2.45, 2.75) is 46.3 Å². The number of pyridine rings is 1. The van der Waals surface area contributed by atoms with Gasteiger partial charge < -0.3 is 10.6 Å². The van der Waals surface area contributed by atoms with E-state index in [1.54, 1.807) is 12.4 Å². The molecule has 1 heterocycles. The maximum atomic E-state index is 12.3. The summed E-state index contributed by atoms with van der Waals surface area (Å²) in [4.78, 5) is 18.1. The van der Waals surface area contributed by atoms with Crippen LogP contribution in [0.1, 0.15) is 33.3 Å². The van der Waals surface area contributed by atoms with Crippen molar-refractivity contribution in [2.75, 3.05) is 0 Å². The van der Waals surface area contributed by atoms with Crippen molar-refractivity contribution in [2.24, 2.45) is 11.7 Å². The lowest BCUT2D eigenvalue weighted by atomic mass is 10.0. The normalized spacial score (nSPS) is 12.8. The number of hydrogen-bond acceptors (Lipinski definition) is 3. The lowest BCUT2D eigenvalue weighted by molar-refractivity contribution is -0.136. The SMILES string of the molecule is CC(C)[C@H](N)C(=O)N(Cc1ccncc1)C(C)C. The van der Waals surface area contributed by atoms with Crippen LogP contribution in [0.25, 0.3) is 0 Å². The first kappa shape index (κ1) is 14.6. The maximum absolute atomic E-state index is 12.3. The number of carbonyl (C=O) groups excluding carboxylic acids is 1. The predicted molar refractivity (Wildman–Crippen MR) is 72.7 cm³/mol. The molecule has 4 heteroatoms. The average Bonchev–Trinajstić information content (AvgIpc) is 2.35. The summed E-state index contributed by atoms with van der Waals surface area (Å²) in [6.45, 7) is 8.53. The topological polar surface area (TPSA) is 59.2 Å². The molecular weight excluding hydrogens is 226 g/mol. The van der Waals surface area contributed by atoms with Crippen LogP contribution >= 0.6 is 0 Å². The molecule has 4 nitrogen and oxygen atoms in total. The fourth-order valence-electron chi connectivity index (χ4n) is 1.68. The molecule has 18 heavy (non-hydrogen) atoms. The number of rotatable bonds is 5. The maximum Gasteiger partial charge on any atom is 0.240 e.